The Morgan fingerprint density at radius 1 is 1.29 bits per heavy atom. The molecule has 1 aromatic carbocycles. The van der Waals surface area contributed by atoms with Gasteiger partial charge >= 0.3 is 0 Å². The van der Waals surface area contributed by atoms with Crippen molar-refractivity contribution in [3.63, 3.8) is 0 Å². The number of amides is 1. The van der Waals surface area contributed by atoms with Crippen molar-refractivity contribution in [2.75, 3.05) is 7.05 Å². The Hall–Kier alpha value is -2.73. The zero-order valence-electron chi connectivity index (χ0n) is 16.5. The number of carbonyl (C=O) groups excluding carboxylic acids is 1. The number of ether oxygens (including phenoxy) is 1. The standard InChI is InChI=1S/C21H24ClN3O3/c1-5-25-18(17(22)11-23-25)12-24(4)21(26)19-9-8-16(28-19)13-27-20-10-14(2)6-7-15(20)3/h6-11H,5,12-13H2,1-4H3. The van der Waals surface area contributed by atoms with Crippen LogP contribution in [0.2, 0.25) is 5.02 Å². The number of furan rings is 1. The van der Waals surface area contributed by atoms with E-state index in [1.807, 2.05) is 39.0 Å². The van der Waals surface area contributed by atoms with Gasteiger partial charge in [-0.3, -0.25) is 9.48 Å². The summed E-state index contributed by atoms with van der Waals surface area (Å²) in [6.07, 6.45) is 1.59. The molecule has 0 aliphatic heterocycles. The number of halogens is 1. The van der Waals surface area contributed by atoms with Crippen LogP contribution < -0.4 is 4.74 Å². The predicted molar refractivity (Wildman–Crippen MR) is 108 cm³/mol. The molecule has 6 nitrogen and oxygen atoms in total. The van der Waals surface area contributed by atoms with Crippen molar-refractivity contribution in [3.05, 3.63) is 69.9 Å². The average Bonchev–Trinajstić information content (AvgIpc) is 3.29. The van der Waals surface area contributed by atoms with Crippen LogP contribution in [0.5, 0.6) is 5.75 Å². The molecule has 0 saturated heterocycles. The first-order valence-corrected chi connectivity index (χ1v) is 9.51. The highest BCUT2D eigenvalue weighted by Crippen LogP contribution is 2.22. The van der Waals surface area contributed by atoms with Crippen LogP contribution >= 0.6 is 11.6 Å². The third kappa shape index (κ3) is 4.39. The Balaban J connectivity index is 1.64. The maximum Gasteiger partial charge on any atom is 0.289 e. The van der Waals surface area contributed by atoms with E-state index in [9.17, 15) is 4.79 Å². The summed E-state index contributed by atoms with van der Waals surface area (Å²) >= 11 is 6.18. The molecule has 3 aromatic rings. The summed E-state index contributed by atoms with van der Waals surface area (Å²) in [6.45, 7) is 7.28. The van der Waals surface area contributed by atoms with Gasteiger partial charge in [-0.2, -0.15) is 5.10 Å². The van der Waals surface area contributed by atoms with Crippen molar-refractivity contribution in [3.8, 4) is 5.75 Å². The van der Waals surface area contributed by atoms with Crippen molar-refractivity contribution in [2.45, 2.75) is 40.5 Å². The van der Waals surface area contributed by atoms with E-state index >= 15 is 0 Å². The lowest BCUT2D eigenvalue weighted by Crippen LogP contribution is -2.27. The highest BCUT2D eigenvalue weighted by atomic mass is 35.5. The average molecular weight is 402 g/mol. The third-order valence-corrected chi connectivity index (χ3v) is 4.83. The molecule has 0 N–H and O–H groups in total. The lowest BCUT2D eigenvalue weighted by molar-refractivity contribution is 0.0745. The van der Waals surface area contributed by atoms with Crippen molar-refractivity contribution < 1.29 is 13.9 Å². The quantitative estimate of drug-likeness (QED) is 0.579. The van der Waals surface area contributed by atoms with E-state index in [1.165, 1.54) is 0 Å². The zero-order chi connectivity index (χ0) is 20.3. The molecule has 0 saturated carbocycles. The second kappa shape index (κ2) is 8.52. The number of aromatic nitrogens is 2. The van der Waals surface area contributed by atoms with Crippen LogP contribution in [0, 0.1) is 13.8 Å². The molecule has 0 aliphatic rings. The van der Waals surface area contributed by atoms with Gasteiger partial charge in [0.15, 0.2) is 5.76 Å². The second-order valence-electron chi connectivity index (χ2n) is 6.74. The number of nitrogens with zero attached hydrogens (tertiary/aromatic N) is 3. The Morgan fingerprint density at radius 3 is 2.82 bits per heavy atom. The van der Waals surface area contributed by atoms with Crippen molar-refractivity contribution in [1.29, 1.82) is 0 Å². The van der Waals surface area contributed by atoms with E-state index in [1.54, 1.807) is 35.0 Å². The lowest BCUT2D eigenvalue weighted by atomic mass is 10.1. The largest absolute Gasteiger partial charge is 0.485 e. The fourth-order valence-electron chi connectivity index (χ4n) is 2.88. The molecule has 0 atom stereocenters. The molecule has 2 heterocycles. The van der Waals surface area contributed by atoms with Gasteiger partial charge < -0.3 is 14.1 Å². The van der Waals surface area contributed by atoms with Gasteiger partial charge in [0, 0.05) is 13.6 Å². The summed E-state index contributed by atoms with van der Waals surface area (Å²) in [6, 6.07) is 9.47. The molecule has 7 heteroatoms. The fourth-order valence-corrected chi connectivity index (χ4v) is 3.09. The Morgan fingerprint density at radius 2 is 2.07 bits per heavy atom. The van der Waals surface area contributed by atoms with Crippen LogP contribution in [-0.2, 0) is 19.7 Å². The van der Waals surface area contributed by atoms with Crippen molar-refractivity contribution in [1.82, 2.24) is 14.7 Å². The molecule has 3 rings (SSSR count). The Labute approximate surface area is 169 Å². The van der Waals surface area contributed by atoms with Crippen LogP contribution in [0.1, 0.15) is 40.1 Å². The summed E-state index contributed by atoms with van der Waals surface area (Å²) in [5.74, 6) is 1.44. The number of carbonyl (C=O) groups is 1. The van der Waals surface area contributed by atoms with E-state index in [0.717, 1.165) is 22.6 Å². The summed E-state index contributed by atoms with van der Waals surface area (Å²) in [7, 11) is 1.71. The molecule has 1 amide bonds. The van der Waals surface area contributed by atoms with Gasteiger partial charge in [-0.15, -0.1) is 0 Å². The molecular weight excluding hydrogens is 378 g/mol. The topological polar surface area (TPSA) is 60.5 Å². The smallest absolute Gasteiger partial charge is 0.289 e. The summed E-state index contributed by atoms with van der Waals surface area (Å²) in [5, 5.41) is 4.74. The second-order valence-corrected chi connectivity index (χ2v) is 7.15. The molecule has 0 spiro atoms. The summed E-state index contributed by atoms with van der Waals surface area (Å²) < 4.78 is 13.3. The third-order valence-electron chi connectivity index (χ3n) is 4.52. The zero-order valence-corrected chi connectivity index (χ0v) is 17.3. The maximum absolute atomic E-state index is 12.7. The van der Waals surface area contributed by atoms with E-state index in [-0.39, 0.29) is 18.3 Å². The van der Waals surface area contributed by atoms with E-state index in [2.05, 4.69) is 5.10 Å². The summed E-state index contributed by atoms with van der Waals surface area (Å²) in [4.78, 5) is 14.2. The van der Waals surface area contributed by atoms with Gasteiger partial charge in [-0.1, -0.05) is 23.7 Å². The van der Waals surface area contributed by atoms with E-state index < -0.39 is 0 Å². The van der Waals surface area contributed by atoms with Crippen molar-refractivity contribution >= 4 is 17.5 Å². The molecule has 0 bridgehead atoms. The number of hydrogen-bond donors (Lipinski definition) is 0. The number of aryl methyl sites for hydroxylation is 3. The molecule has 2 aromatic heterocycles. The van der Waals surface area contributed by atoms with Gasteiger partial charge in [-0.05, 0) is 50.1 Å². The molecule has 0 radical (unpaired) electrons. The van der Waals surface area contributed by atoms with Gasteiger partial charge in [0.2, 0.25) is 0 Å². The first kappa shape index (κ1) is 20.0. The Bertz CT molecular complexity index is 977. The predicted octanol–water partition coefficient (Wildman–Crippen LogP) is 4.62. The highest BCUT2D eigenvalue weighted by Gasteiger charge is 2.19. The molecule has 148 valence electrons. The van der Waals surface area contributed by atoms with Crippen LogP contribution in [0.3, 0.4) is 0 Å². The van der Waals surface area contributed by atoms with Gasteiger partial charge in [0.05, 0.1) is 23.5 Å². The first-order chi connectivity index (χ1) is 13.4. The number of hydrogen-bond acceptors (Lipinski definition) is 4. The van der Waals surface area contributed by atoms with Crippen LogP contribution in [0.4, 0.5) is 0 Å². The minimum Gasteiger partial charge on any atom is -0.485 e. The fraction of sp³-hybridized carbons (Fsp3) is 0.333. The van der Waals surface area contributed by atoms with Crippen LogP contribution in [-0.4, -0.2) is 27.6 Å². The minimum absolute atomic E-state index is 0.224. The van der Waals surface area contributed by atoms with Gasteiger partial charge in [0.25, 0.3) is 5.91 Å². The van der Waals surface area contributed by atoms with E-state index in [4.69, 9.17) is 20.8 Å². The molecular formula is C21H24ClN3O3. The molecule has 0 fully saturated rings. The van der Waals surface area contributed by atoms with E-state index in [0.29, 0.717) is 23.9 Å². The molecule has 0 aliphatic carbocycles. The van der Waals surface area contributed by atoms with Gasteiger partial charge in [-0.25, -0.2) is 0 Å². The first-order valence-electron chi connectivity index (χ1n) is 9.13. The maximum atomic E-state index is 12.7. The monoisotopic (exact) mass is 401 g/mol. The molecule has 0 unspecified atom stereocenters. The SMILES string of the molecule is CCn1ncc(Cl)c1CN(C)C(=O)c1ccc(COc2cc(C)ccc2C)o1. The number of benzene rings is 1. The van der Waals surface area contributed by atoms with Crippen LogP contribution in [0.15, 0.2) is 40.9 Å². The molecule has 28 heavy (non-hydrogen) atoms. The van der Waals surface area contributed by atoms with Crippen LogP contribution in [0.25, 0.3) is 0 Å². The lowest BCUT2D eigenvalue weighted by Gasteiger charge is -2.16. The van der Waals surface area contributed by atoms with Crippen molar-refractivity contribution in [2.24, 2.45) is 0 Å². The minimum atomic E-state index is -0.224. The highest BCUT2D eigenvalue weighted by molar-refractivity contribution is 6.31. The Kier molecular flexibility index (Phi) is 6.09. The van der Waals surface area contributed by atoms with Gasteiger partial charge in [0.1, 0.15) is 18.1 Å². The summed E-state index contributed by atoms with van der Waals surface area (Å²) in [5.41, 5.74) is 2.98. The number of rotatable bonds is 7. The normalized spacial score (nSPS) is 10.9.